The summed E-state index contributed by atoms with van der Waals surface area (Å²) in [7, 11) is 0. The normalized spacial score (nSPS) is 12.1. The van der Waals surface area contributed by atoms with Gasteiger partial charge in [0.25, 0.3) is 0 Å². The molecule has 1 atom stereocenters. The Balaban J connectivity index is 2.26. The molecule has 7 nitrogen and oxygen atoms in total. The number of fused-ring (bicyclic) bond motifs is 1. The molecule has 2 N–H and O–H groups in total. The molecule has 2 aromatic rings. The summed E-state index contributed by atoms with van der Waals surface area (Å²) in [5.74, 6) is -2.11. The van der Waals surface area contributed by atoms with Crippen LogP contribution < -0.4 is 16.0 Å². The standard InChI is InChI=1S/C16H16ClNO6/c1-7-9(3-4-14(20)18-8(2)15(21)22)16(23)24-13-6-12(19)11(17)5-10(7)13/h5-6,8,19H,3-4H2,1-2H3,(H,18,20)(H,21,22)/p-1/t8-/m0/s1. The lowest BCUT2D eigenvalue weighted by Gasteiger charge is -2.14. The second-order valence-corrected chi connectivity index (χ2v) is 5.81. The zero-order valence-corrected chi connectivity index (χ0v) is 13.8. The van der Waals surface area contributed by atoms with Crippen molar-refractivity contribution in [1.29, 1.82) is 0 Å². The van der Waals surface area contributed by atoms with E-state index in [0.717, 1.165) is 0 Å². The Morgan fingerprint density at radius 2 is 2.08 bits per heavy atom. The average Bonchev–Trinajstić information content (AvgIpc) is 2.49. The van der Waals surface area contributed by atoms with Gasteiger partial charge in [-0.2, -0.15) is 0 Å². The fraction of sp³-hybridized carbons (Fsp3) is 0.312. The van der Waals surface area contributed by atoms with Gasteiger partial charge < -0.3 is 24.7 Å². The summed E-state index contributed by atoms with van der Waals surface area (Å²) in [6.45, 7) is 2.97. The molecule has 8 heteroatoms. The Hall–Kier alpha value is -2.54. The van der Waals surface area contributed by atoms with Crippen LogP contribution in [0.1, 0.15) is 24.5 Å². The number of phenolic OH excluding ortho intramolecular Hbond substituents is 1. The highest BCUT2D eigenvalue weighted by molar-refractivity contribution is 6.32. The molecule has 0 fully saturated rings. The van der Waals surface area contributed by atoms with E-state index in [9.17, 15) is 24.6 Å². The summed E-state index contributed by atoms with van der Waals surface area (Å²) in [6.07, 6.45) is -0.00521. The van der Waals surface area contributed by atoms with Crippen LogP contribution in [0.5, 0.6) is 5.75 Å². The summed E-state index contributed by atoms with van der Waals surface area (Å²) < 4.78 is 5.15. The molecule has 0 unspecified atom stereocenters. The summed E-state index contributed by atoms with van der Waals surface area (Å²) in [6, 6.07) is 1.62. The van der Waals surface area contributed by atoms with Gasteiger partial charge in [0.1, 0.15) is 11.3 Å². The molecule has 0 saturated heterocycles. The molecule has 0 bridgehead atoms. The number of aliphatic carboxylic acids is 1. The molecule has 1 aromatic heterocycles. The van der Waals surface area contributed by atoms with Crippen LogP contribution in [0.3, 0.4) is 0 Å². The van der Waals surface area contributed by atoms with Crippen molar-refractivity contribution in [3.8, 4) is 5.75 Å². The third-order valence-electron chi connectivity index (χ3n) is 3.69. The van der Waals surface area contributed by atoms with Gasteiger partial charge in [0.2, 0.25) is 5.91 Å². The summed E-state index contributed by atoms with van der Waals surface area (Å²) in [5.41, 5.74) is 0.449. The van der Waals surface area contributed by atoms with Gasteiger partial charge in [-0.25, -0.2) is 4.79 Å². The maximum atomic E-state index is 12.1. The van der Waals surface area contributed by atoms with E-state index in [-0.39, 0.29) is 29.2 Å². The third-order valence-corrected chi connectivity index (χ3v) is 3.99. The van der Waals surface area contributed by atoms with Gasteiger partial charge >= 0.3 is 5.63 Å². The minimum atomic E-state index is -1.39. The zero-order valence-electron chi connectivity index (χ0n) is 13.0. The zero-order chi connectivity index (χ0) is 18.0. The lowest BCUT2D eigenvalue weighted by Crippen LogP contribution is -2.46. The first-order valence-corrected chi connectivity index (χ1v) is 7.53. The van der Waals surface area contributed by atoms with Gasteiger partial charge in [-0.15, -0.1) is 0 Å². The van der Waals surface area contributed by atoms with Crippen LogP contribution in [-0.2, 0) is 16.0 Å². The number of carbonyl (C=O) groups is 2. The van der Waals surface area contributed by atoms with E-state index in [0.29, 0.717) is 16.5 Å². The lowest BCUT2D eigenvalue weighted by atomic mass is 10.0. The smallest absolute Gasteiger partial charge is 0.339 e. The van der Waals surface area contributed by atoms with Gasteiger partial charge in [0.05, 0.1) is 17.0 Å². The SMILES string of the molecule is Cc1c(CCC(=O)N[C@@H](C)C(=O)[O-])c(=O)oc2cc(O)c(Cl)cc12. The van der Waals surface area contributed by atoms with E-state index in [4.69, 9.17) is 16.0 Å². The number of rotatable bonds is 5. The Kier molecular flexibility index (Phi) is 5.14. The molecule has 2 rings (SSSR count). The molecule has 0 radical (unpaired) electrons. The summed E-state index contributed by atoms with van der Waals surface area (Å²) >= 11 is 5.87. The first-order valence-electron chi connectivity index (χ1n) is 7.15. The molecule has 1 amide bonds. The van der Waals surface area contributed by atoms with Gasteiger partial charge in [0, 0.05) is 23.4 Å². The lowest BCUT2D eigenvalue weighted by molar-refractivity contribution is -0.307. The number of phenols is 1. The molecule has 0 saturated carbocycles. The second kappa shape index (κ2) is 6.92. The number of halogens is 1. The minimum Gasteiger partial charge on any atom is -0.548 e. The van der Waals surface area contributed by atoms with Crippen molar-refractivity contribution in [3.05, 3.63) is 38.7 Å². The van der Waals surface area contributed by atoms with E-state index in [1.807, 2.05) is 0 Å². The number of nitrogens with one attached hydrogen (secondary N) is 1. The summed E-state index contributed by atoms with van der Waals surface area (Å²) in [5, 5.41) is 23.1. The minimum absolute atomic E-state index is 0.0776. The van der Waals surface area contributed by atoms with Crippen molar-refractivity contribution in [2.24, 2.45) is 0 Å². The number of hydrogen-bond donors (Lipinski definition) is 2. The van der Waals surface area contributed by atoms with E-state index in [1.54, 1.807) is 6.92 Å². The van der Waals surface area contributed by atoms with E-state index in [2.05, 4.69) is 5.32 Å². The first kappa shape index (κ1) is 17.8. The van der Waals surface area contributed by atoms with E-state index in [1.165, 1.54) is 19.1 Å². The molecule has 24 heavy (non-hydrogen) atoms. The molecule has 0 spiro atoms. The Bertz CT molecular complexity index is 873. The van der Waals surface area contributed by atoms with Gasteiger partial charge in [-0.3, -0.25) is 4.79 Å². The number of carboxylic acid groups (broad SMARTS) is 1. The van der Waals surface area contributed by atoms with Crippen LogP contribution in [0.25, 0.3) is 11.0 Å². The number of amides is 1. The van der Waals surface area contributed by atoms with Crippen molar-refractivity contribution < 1.29 is 24.2 Å². The molecule has 0 aliphatic heterocycles. The number of aryl methyl sites for hydroxylation is 1. The van der Waals surface area contributed by atoms with Crippen molar-refractivity contribution in [2.45, 2.75) is 32.7 Å². The fourth-order valence-corrected chi connectivity index (χ4v) is 2.46. The van der Waals surface area contributed by atoms with Gasteiger partial charge in [0.15, 0.2) is 0 Å². The van der Waals surface area contributed by atoms with Crippen LogP contribution >= 0.6 is 11.6 Å². The van der Waals surface area contributed by atoms with Gasteiger partial charge in [-0.1, -0.05) is 11.6 Å². The molecule has 0 aliphatic rings. The molecule has 0 aliphatic carbocycles. The third kappa shape index (κ3) is 3.68. The highest BCUT2D eigenvalue weighted by Crippen LogP contribution is 2.30. The highest BCUT2D eigenvalue weighted by Gasteiger charge is 2.15. The van der Waals surface area contributed by atoms with Crippen LogP contribution in [0.4, 0.5) is 0 Å². The second-order valence-electron chi connectivity index (χ2n) is 5.40. The van der Waals surface area contributed by atoms with Gasteiger partial charge in [-0.05, 0) is 31.9 Å². The number of benzene rings is 1. The van der Waals surface area contributed by atoms with E-state index < -0.39 is 23.5 Å². The summed E-state index contributed by atoms with van der Waals surface area (Å²) in [4.78, 5) is 34.4. The topological polar surface area (TPSA) is 120 Å². The van der Waals surface area contributed by atoms with Crippen LogP contribution in [0, 0.1) is 6.92 Å². The fourth-order valence-electron chi connectivity index (χ4n) is 2.30. The average molecular weight is 353 g/mol. The number of carbonyl (C=O) groups excluding carboxylic acids is 2. The van der Waals surface area contributed by atoms with Crippen molar-refractivity contribution >= 4 is 34.4 Å². The quantitative estimate of drug-likeness (QED) is 0.762. The van der Waals surface area contributed by atoms with Crippen molar-refractivity contribution in [3.63, 3.8) is 0 Å². The maximum absolute atomic E-state index is 12.1. The van der Waals surface area contributed by atoms with Crippen molar-refractivity contribution in [2.75, 3.05) is 0 Å². The highest BCUT2D eigenvalue weighted by atomic mass is 35.5. The Morgan fingerprint density at radius 3 is 2.71 bits per heavy atom. The Morgan fingerprint density at radius 1 is 1.42 bits per heavy atom. The first-order chi connectivity index (χ1) is 11.2. The molecular weight excluding hydrogens is 338 g/mol. The van der Waals surface area contributed by atoms with Crippen molar-refractivity contribution in [1.82, 2.24) is 5.32 Å². The largest absolute Gasteiger partial charge is 0.548 e. The predicted molar refractivity (Wildman–Crippen MR) is 84.8 cm³/mol. The molecule has 128 valence electrons. The van der Waals surface area contributed by atoms with Crippen LogP contribution in [0.2, 0.25) is 5.02 Å². The monoisotopic (exact) mass is 352 g/mol. The molecular formula is C16H15ClNO6-. The Labute approximate surface area is 141 Å². The number of aromatic hydroxyl groups is 1. The molecule has 1 aromatic carbocycles. The maximum Gasteiger partial charge on any atom is 0.339 e. The number of carboxylic acids is 1. The van der Waals surface area contributed by atoms with Crippen LogP contribution in [0.15, 0.2) is 21.3 Å². The van der Waals surface area contributed by atoms with E-state index >= 15 is 0 Å². The number of hydrogen-bond acceptors (Lipinski definition) is 6. The predicted octanol–water partition coefficient (Wildman–Crippen LogP) is 0.648. The van der Waals surface area contributed by atoms with Crippen LogP contribution in [-0.4, -0.2) is 23.0 Å². The molecule has 1 heterocycles.